The number of hydrogen-bond acceptors (Lipinski definition) is 2. The Morgan fingerprint density at radius 3 is 2.36 bits per heavy atom. The number of hydrogen-bond donors (Lipinski definition) is 1. The van der Waals surface area contributed by atoms with Gasteiger partial charge in [0, 0.05) is 16.3 Å². The molecule has 0 aliphatic heterocycles. The van der Waals surface area contributed by atoms with E-state index in [0.717, 1.165) is 9.26 Å². The van der Waals surface area contributed by atoms with Crippen LogP contribution in [0, 0.1) is 3.57 Å². The molecule has 1 rings (SSSR count). The van der Waals surface area contributed by atoms with Crippen LogP contribution in [0.25, 0.3) is 0 Å². The molecular formula is C10H13IN2O. The second-order valence-corrected chi connectivity index (χ2v) is 4.41. The van der Waals surface area contributed by atoms with Crippen molar-refractivity contribution in [2.45, 2.75) is 13.0 Å². The summed E-state index contributed by atoms with van der Waals surface area (Å²) in [6, 6.07) is 7.27. The van der Waals surface area contributed by atoms with Gasteiger partial charge in [-0.25, -0.2) is 0 Å². The lowest BCUT2D eigenvalue weighted by atomic mass is 10.2. The van der Waals surface area contributed by atoms with Gasteiger partial charge in [0.05, 0.1) is 6.04 Å². The third kappa shape index (κ3) is 2.68. The van der Waals surface area contributed by atoms with Crippen molar-refractivity contribution in [2.24, 2.45) is 5.73 Å². The standard InChI is InChI=1S/C10H13IN2O/c1-7(12)10(14)13(2)9-5-3-8(11)4-6-9/h3-7H,12H2,1-2H3/t7-/m0/s1. The van der Waals surface area contributed by atoms with Gasteiger partial charge in [0.25, 0.3) is 0 Å². The van der Waals surface area contributed by atoms with E-state index in [1.54, 1.807) is 18.9 Å². The Bertz CT molecular complexity index is 321. The van der Waals surface area contributed by atoms with Crippen molar-refractivity contribution < 1.29 is 4.79 Å². The first-order valence-corrected chi connectivity index (χ1v) is 5.39. The maximum Gasteiger partial charge on any atom is 0.243 e. The third-order valence-corrected chi connectivity index (χ3v) is 2.65. The molecular weight excluding hydrogens is 291 g/mol. The fourth-order valence-corrected chi connectivity index (χ4v) is 1.46. The van der Waals surface area contributed by atoms with Gasteiger partial charge in [-0.2, -0.15) is 0 Å². The molecule has 0 aliphatic rings. The first-order chi connectivity index (χ1) is 6.52. The highest BCUT2D eigenvalue weighted by molar-refractivity contribution is 14.1. The lowest BCUT2D eigenvalue weighted by molar-refractivity contribution is -0.119. The Balaban J connectivity index is 2.84. The van der Waals surface area contributed by atoms with Gasteiger partial charge in [-0.3, -0.25) is 4.79 Å². The van der Waals surface area contributed by atoms with Crippen LogP contribution in [0.3, 0.4) is 0 Å². The Morgan fingerprint density at radius 1 is 1.43 bits per heavy atom. The number of nitrogens with two attached hydrogens (primary N) is 1. The average molecular weight is 304 g/mol. The summed E-state index contributed by atoms with van der Waals surface area (Å²) < 4.78 is 1.15. The van der Waals surface area contributed by atoms with E-state index < -0.39 is 6.04 Å². The average Bonchev–Trinajstić information content (AvgIpc) is 2.16. The summed E-state index contributed by atoms with van der Waals surface area (Å²) in [7, 11) is 1.73. The van der Waals surface area contributed by atoms with Gasteiger partial charge in [0.1, 0.15) is 0 Å². The van der Waals surface area contributed by atoms with Crippen molar-refractivity contribution in [3.8, 4) is 0 Å². The SMILES string of the molecule is C[C@H](N)C(=O)N(C)c1ccc(I)cc1. The van der Waals surface area contributed by atoms with E-state index in [0.29, 0.717) is 0 Å². The van der Waals surface area contributed by atoms with Gasteiger partial charge in [-0.15, -0.1) is 0 Å². The van der Waals surface area contributed by atoms with Crippen molar-refractivity contribution in [3.05, 3.63) is 27.8 Å². The highest BCUT2D eigenvalue weighted by atomic mass is 127. The first kappa shape index (κ1) is 11.5. The topological polar surface area (TPSA) is 46.3 Å². The smallest absolute Gasteiger partial charge is 0.243 e. The number of carbonyl (C=O) groups is 1. The molecule has 3 nitrogen and oxygen atoms in total. The van der Waals surface area contributed by atoms with Crippen molar-refractivity contribution >= 4 is 34.2 Å². The van der Waals surface area contributed by atoms with Crippen LogP contribution in [0.4, 0.5) is 5.69 Å². The molecule has 1 aromatic carbocycles. The van der Waals surface area contributed by atoms with Crippen LogP contribution >= 0.6 is 22.6 Å². The molecule has 1 amide bonds. The number of anilines is 1. The summed E-state index contributed by atoms with van der Waals surface area (Å²) in [4.78, 5) is 13.1. The molecule has 1 atom stereocenters. The molecule has 0 heterocycles. The Kier molecular flexibility index (Phi) is 3.88. The largest absolute Gasteiger partial charge is 0.320 e. The summed E-state index contributed by atoms with van der Waals surface area (Å²) in [5.41, 5.74) is 6.38. The van der Waals surface area contributed by atoms with E-state index in [2.05, 4.69) is 22.6 Å². The lowest BCUT2D eigenvalue weighted by Crippen LogP contribution is -2.39. The van der Waals surface area contributed by atoms with E-state index >= 15 is 0 Å². The molecule has 0 unspecified atom stereocenters. The van der Waals surface area contributed by atoms with Gasteiger partial charge in [-0.1, -0.05) is 0 Å². The maximum absolute atomic E-state index is 11.5. The second-order valence-electron chi connectivity index (χ2n) is 3.16. The molecule has 0 aromatic heterocycles. The molecule has 0 saturated carbocycles. The van der Waals surface area contributed by atoms with E-state index in [4.69, 9.17) is 5.73 Å². The summed E-state index contributed by atoms with van der Waals surface area (Å²) in [6.45, 7) is 1.69. The van der Waals surface area contributed by atoms with Gasteiger partial charge in [0.15, 0.2) is 0 Å². The molecule has 0 fully saturated rings. The minimum absolute atomic E-state index is 0.0776. The van der Waals surface area contributed by atoms with Crippen LogP contribution in [0.2, 0.25) is 0 Å². The van der Waals surface area contributed by atoms with Gasteiger partial charge >= 0.3 is 0 Å². The van der Waals surface area contributed by atoms with Gasteiger partial charge in [-0.05, 0) is 53.8 Å². The van der Waals surface area contributed by atoms with Crippen LogP contribution in [0.15, 0.2) is 24.3 Å². The molecule has 0 bridgehead atoms. The summed E-state index contributed by atoms with van der Waals surface area (Å²) in [5.74, 6) is -0.0776. The number of likely N-dealkylation sites (N-methyl/N-ethyl adjacent to an activating group) is 1. The normalized spacial score (nSPS) is 12.3. The summed E-state index contributed by atoms with van der Waals surface area (Å²) >= 11 is 2.22. The molecule has 4 heteroatoms. The molecule has 2 N–H and O–H groups in total. The van der Waals surface area contributed by atoms with Crippen molar-refractivity contribution in [3.63, 3.8) is 0 Å². The third-order valence-electron chi connectivity index (χ3n) is 1.93. The minimum atomic E-state index is -0.459. The number of benzene rings is 1. The molecule has 0 aliphatic carbocycles. The molecule has 0 saturated heterocycles. The Labute approximate surface area is 97.4 Å². The fourth-order valence-electron chi connectivity index (χ4n) is 1.10. The van der Waals surface area contributed by atoms with E-state index in [9.17, 15) is 4.79 Å². The monoisotopic (exact) mass is 304 g/mol. The lowest BCUT2D eigenvalue weighted by Gasteiger charge is -2.19. The van der Waals surface area contributed by atoms with Crippen LogP contribution < -0.4 is 10.6 Å². The molecule has 0 spiro atoms. The van der Waals surface area contributed by atoms with Crippen LogP contribution in [-0.4, -0.2) is 19.0 Å². The molecule has 0 radical (unpaired) electrons. The van der Waals surface area contributed by atoms with Gasteiger partial charge < -0.3 is 10.6 Å². The predicted octanol–water partition coefficient (Wildman–Crippen LogP) is 1.60. The van der Waals surface area contributed by atoms with E-state index in [1.807, 2.05) is 24.3 Å². The Hall–Kier alpha value is -0.620. The number of rotatable bonds is 2. The number of halogens is 1. The molecule has 76 valence electrons. The zero-order chi connectivity index (χ0) is 10.7. The van der Waals surface area contributed by atoms with E-state index in [1.165, 1.54) is 0 Å². The predicted molar refractivity (Wildman–Crippen MR) is 66.2 cm³/mol. The highest BCUT2D eigenvalue weighted by Gasteiger charge is 2.14. The Morgan fingerprint density at radius 2 is 1.93 bits per heavy atom. The van der Waals surface area contributed by atoms with Gasteiger partial charge in [0.2, 0.25) is 5.91 Å². The second kappa shape index (κ2) is 4.75. The number of carbonyl (C=O) groups excluding carboxylic acids is 1. The summed E-state index contributed by atoms with van der Waals surface area (Å²) in [5, 5.41) is 0. The summed E-state index contributed by atoms with van der Waals surface area (Å²) in [6.07, 6.45) is 0. The van der Waals surface area contributed by atoms with Crippen LogP contribution in [0.1, 0.15) is 6.92 Å². The van der Waals surface area contributed by atoms with Crippen molar-refractivity contribution in [2.75, 3.05) is 11.9 Å². The van der Waals surface area contributed by atoms with Crippen LogP contribution in [0.5, 0.6) is 0 Å². The highest BCUT2D eigenvalue weighted by Crippen LogP contribution is 2.15. The maximum atomic E-state index is 11.5. The molecule has 14 heavy (non-hydrogen) atoms. The van der Waals surface area contributed by atoms with Crippen molar-refractivity contribution in [1.82, 2.24) is 0 Å². The number of amides is 1. The number of nitrogens with zero attached hydrogens (tertiary/aromatic N) is 1. The minimum Gasteiger partial charge on any atom is -0.320 e. The fraction of sp³-hybridized carbons (Fsp3) is 0.300. The first-order valence-electron chi connectivity index (χ1n) is 4.31. The van der Waals surface area contributed by atoms with Crippen LogP contribution in [-0.2, 0) is 4.79 Å². The van der Waals surface area contributed by atoms with E-state index in [-0.39, 0.29) is 5.91 Å². The zero-order valence-electron chi connectivity index (χ0n) is 8.20. The quantitative estimate of drug-likeness (QED) is 0.844. The van der Waals surface area contributed by atoms with Crippen molar-refractivity contribution in [1.29, 1.82) is 0 Å². The zero-order valence-corrected chi connectivity index (χ0v) is 10.4. The molecule has 1 aromatic rings.